The number of amides is 1. The first-order valence-electron chi connectivity index (χ1n) is 7.81. The Balaban J connectivity index is 0.00000288. The summed E-state index contributed by atoms with van der Waals surface area (Å²) in [6.07, 6.45) is 1.26. The Bertz CT molecular complexity index is 647. The van der Waals surface area contributed by atoms with E-state index < -0.39 is 6.04 Å². The number of aryl methyl sites for hydroxylation is 1. The molecule has 1 atom stereocenters. The van der Waals surface area contributed by atoms with Crippen molar-refractivity contribution >= 4 is 18.3 Å². The molecule has 0 saturated carbocycles. The van der Waals surface area contributed by atoms with Gasteiger partial charge < -0.3 is 15.8 Å². The number of ether oxygens (including phenoxy) is 1. The summed E-state index contributed by atoms with van der Waals surface area (Å²) in [6.45, 7) is 2.58. The minimum Gasteiger partial charge on any atom is -0.496 e. The molecule has 0 spiro atoms. The normalized spacial score (nSPS) is 11.3. The molecule has 3 N–H and O–H groups in total. The van der Waals surface area contributed by atoms with Gasteiger partial charge >= 0.3 is 0 Å². The minimum atomic E-state index is -0.531. The number of hydrogen-bond acceptors (Lipinski definition) is 3. The van der Waals surface area contributed by atoms with Crippen molar-refractivity contribution in [2.75, 3.05) is 13.7 Å². The average molecular weight is 349 g/mol. The summed E-state index contributed by atoms with van der Waals surface area (Å²) < 4.78 is 5.35. The van der Waals surface area contributed by atoms with Crippen molar-refractivity contribution in [3.63, 3.8) is 0 Å². The number of nitrogens with one attached hydrogen (secondary N) is 1. The summed E-state index contributed by atoms with van der Waals surface area (Å²) in [5.74, 6) is 0.721. The highest BCUT2D eigenvalue weighted by Gasteiger charge is 2.13. The van der Waals surface area contributed by atoms with Crippen LogP contribution in [0, 0.1) is 6.92 Å². The van der Waals surface area contributed by atoms with Crippen molar-refractivity contribution in [3.05, 3.63) is 65.2 Å². The molecule has 0 unspecified atom stereocenters. The van der Waals surface area contributed by atoms with Crippen molar-refractivity contribution in [2.24, 2.45) is 5.73 Å². The lowest BCUT2D eigenvalue weighted by atomic mass is 10.1. The van der Waals surface area contributed by atoms with Crippen molar-refractivity contribution in [1.82, 2.24) is 5.32 Å². The van der Waals surface area contributed by atoms with Gasteiger partial charge in [0.2, 0.25) is 5.91 Å². The molecule has 0 heterocycles. The van der Waals surface area contributed by atoms with E-state index in [0.717, 1.165) is 16.9 Å². The highest BCUT2D eigenvalue weighted by atomic mass is 35.5. The second-order valence-electron chi connectivity index (χ2n) is 5.65. The van der Waals surface area contributed by atoms with Gasteiger partial charge in [0.15, 0.2) is 0 Å². The molecule has 0 bridgehead atoms. The summed E-state index contributed by atoms with van der Waals surface area (Å²) in [6, 6.07) is 15.3. The Morgan fingerprint density at radius 3 is 2.58 bits per heavy atom. The van der Waals surface area contributed by atoms with Crippen LogP contribution in [0.15, 0.2) is 48.5 Å². The van der Waals surface area contributed by atoms with Crippen LogP contribution >= 0.6 is 12.4 Å². The number of carbonyl (C=O) groups excluding carboxylic acids is 1. The van der Waals surface area contributed by atoms with Crippen LogP contribution in [0.3, 0.4) is 0 Å². The topological polar surface area (TPSA) is 64.3 Å². The molecule has 0 saturated heterocycles. The Morgan fingerprint density at radius 2 is 1.92 bits per heavy atom. The van der Waals surface area contributed by atoms with Crippen LogP contribution in [0.5, 0.6) is 5.75 Å². The molecule has 2 rings (SSSR count). The number of carbonyl (C=O) groups is 1. The molecule has 0 fully saturated rings. The molecule has 0 aliphatic rings. The lowest BCUT2D eigenvalue weighted by molar-refractivity contribution is -0.122. The van der Waals surface area contributed by atoms with E-state index in [4.69, 9.17) is 10.5 Å². The van der Waals surface area contributed by atoms with Crippen molar-refractivity contribution < 1.29 is 9.53 Å². The van der Waals surface area contributed by atoms with Crippen molar-refractivity contribution in [2.45, 2.75) is 25.8 Å². The fraction of sp³-hybridized carbons (Fsp3) is 0.316. The first-order valence-corrected chi connectivity index (χ1v) is 7.81. The van der Waals surface area contributed by atoms with Gasteiger partial charge in [0.1, 0.15) is 5.75 Å². The molecule has 0 aliphatic heterocycles. The van der Waals surface area contributed by atoms with E-state index in [2.05, 4.69) is 11.4 Å². The standard InChI is InChI=1S/C19H24N2O2.ClH/c1-14-8-9-18(23-2)16(12-14)10-11-21-19(22)17(20)13-15-6-4-3-5-7-15;/h3-9,12,17H,10-11,13,20H2,1-2H3,(H,21,22);1H/t17-;/m0./s1. The zero-order valence-corrected chi connectivity index (χ0v) is 14.9. The predicted molar refractivity (Wildman–Crippen MR) is 99.8 cm³/mol. The fourth-order valence-electron chi connectivity index (χ4n) is 2.51. The Morgan fingerprint density at radius 1 is 1.21 bits per heavy atom. The van der Waals surface area contributed by atoms with Gasteiger partial charge in [-0.15, -0.1) is 12.4 Å². The van der Waals surface area contributed by atoms with Gasteiger partial charge in [-0.3, -0.25) is 4.79 Å². The fourth-order valence-corrected chi connectivity index (χ4v) is 2.51. The van der Waals surface area contributed by atoms with E-state index in [-0.39, 0.29) is 18.3 Å². The van der Waals surface area contributed by atoms with E-state index >= 15 is 0 Å². The summed E-state index contributed by atoms with van der Waals surface area (Å²) in [4.78, 5) is 12.1. The van der Waals surface area contributed by atoms with Gasteiger partial charge in [0.05, 0.1) is 13.2 Å². The van der Waals surface area contributed by atoms with Crippen molar-refractivity contribution in [3.8, 4) is 5.75 Å². The Labute approximate surface area is 149 Å². The summed E-state index contributed by atoms with van der Waals surface area (Å²) in [5, 5.41) is 2.90. The molecule has 0 radical (unpaired) electrons. The van der Waals surface area contributed by atoms with Crippen LogP contribution in [-0.4, -0.2) is 25.6 Å². The molecule has 0 aliphatic carbocycles. The molecular weight excluding hydrogens is 324 g/mol. The van der Waals surface area contributed by atoms with E-state index in [1.807, 2.05) is 49.4 Å². The highest BCUT2D eigenvalue weighted by molar-refractivity contribution is 5.85. The molecule has 5 heteroatoms. The maximum Gasteiger partial charge on any atom is 0.237 e. The van der Waals surface area contributed by atoms with E-state index in [1.165, 1.54) is 5.56 Å². The van der Waals surface area contributed by atoms with E-state index in [9.17, 15) is 4.79 Å². The number of methoxy groups -OCH3 is 1. The third-order valence-corrected chi connectivity index (χ3v) is 3.76. The van der Waals surface area contributed by atoms with Gasteiger partial charge in [0.25, 0.3) is 0 Å². The lowest BCUT2D eigenvalue weighted by Crippen LogP contribution is -2.42. The van der Waals surface area contributed by atoms with Crippen LogP contribution in [0.2, 0.25) is 0 Å². The van der Waals surface area contributed by atoms with Gasteiger partial charge in [-0.1, -0.05) is 48.0 Å². The van der Waals surface area contributed by atoms with E-state index in [0.29, 0.717) is 19.4 Å². The number of benzene rings is 2. The zero-order chi connectivity index (χ0) is 16.7. The predicted octanol–water partition coefficient (Wildman–Crippen LogP) is 2.65. The second-order valence-corrected chi connectivity index (χ2v) is 5.65. The number of hydrogen-bond donors (Lipinski definition) is 2. The largest absolute Gasteiger partial charge is 0.496 e. The Hall–Kier alpha value is -2.04. The second kappa shape index (κ2) is 9.96. The van der Waals surface area contributed by atoms with Crippen molar-refractivity contribution in [1.29, 1.82) is 0 Å². The van der Waals surface area contributed by atoms with Gasteiger partial charge in [-0.2, -0.15) is 0 Å². The number of nitrogens with two attached hydrogens (primary N) is 1. The smallest absolute Gasteiger partial charge is 0.237 e. The van der Waals surface area contributed by atoms with E-state index in [1.54, 1.807) is 7.11 Å². The molecule has 2 aromatic rings. The maximum absolute atomic E-state index is 12.1. The zero-order valence-electron chi connectivity index (χ0n) is 14.1. The first kappa shape index (κ1) is 20.0. The third-order valence-electron chi connectivity index (χ3n) is 3.76. The van der Waals surface area contributed by atoms with Gasteiger partial charge in [-0.05, 0) is 37.0 Å². The van der Waals surface area contributed by atoms with Crippen LogP contribution in [0.4, 0.5) is 0 Å². The van der Waals surface area contributed by atoms with Crippen LogP contribution in [-0.2, 0) is 17.6 Å². The molecular formula is C19H25ClN2O2. The monoisotopic (exact) mass is 348 g/mol. The van der Waals surface area contributed by atoms with Crippen LogP contribution < -0.4 is 15.8 Å². The molecule has 24 heavy (non-hydrogen) atoms. The summed E-state index contributed by atoms with van der Waals surface area (Å²) >= 11 is 0. The summed E-state index contributed by atoms with van der Waals surface area (Å²) in [7, 11) is 1.66. The highest BCUT2D eigenvalue weighted by Crippen LogP contribution is 2.19. The maximum atomic E-state index is 12.1. The molecule has 4 nitrogen and oxygen atoms in total. The SMILES string of the molecule is COc1ccc(C)cc1CCNC(=O)[C@@H](N)Cc1ccccc1.Cl. The van der Waals surface area contributed by atoms with Gasteiger partial charge in [0, 0.05) is 6.54 Å². The molecule has 2 aromatic carbocycles. The molecule has 0 aromatic heterocycles. The quantitative estimate of drug-likeness (QED) is 0.808. The minimum absolute atomic E-state index is 0. The molecule has 130 valence electrons. The van der Waals surface area contributed by atoms with Crippen LogP contribution in [0.25, 0.3) is 0 Å². The van der Waals surface area contributed by atoms with Crippen LogP contribution in [0.1, 0.15) is 16.7 Å². The lowest BCUT2D eigenvalue weighted by Gasteiger charge is -2.13. The Kier molecular flexibility index (Phi) is 8.30. The third kappa shape index (κ3) is 5.87. The number of rotatable bonds is 7. The van der Waals surface area contributed by atoms with Gasteiger partial charge in [-0.25, -0.2) is 0 Å². The first-order chi connectivity index (χ1) is 11.1. The molecule has 1 amide bonds. The number of halogens is 1. The summed E-state index contributed by atoms with van der Waals surface area (Å²) in [5.41, 5.74) is 9.30. The average Bonchev–Trinajstić information content (AvgIpc) is 2.56.